The highest BCUT2D eigenvalue weighted by atomic mass is 19.4. The number of hydrogen-bond donors (Lipinski definition) is 1. The first kappa shape index (κ1) is 15.7. The largest absolute Gasteiger partial charge is 0.417 e. The van der Waals surface area contributed by atoms with Crippen LogP contribution in [0.4, 0.5) is 19.0 Å². The number of nitrogens with one attached hydrogen (secondary N) is 1. The van der Waals surface area contributed by atoms with Crippen LogP contribution in [0.15, 0.2) is 36.4 Å². The van der Waals surface area contributed by atoms with Gasteiger partial charge in [-0.1, -0.05) is 18.2 Å². The number of benzene rings is 1. The molecule has 8 heteroatoms. The quantitative estimate of drug-likeness (QED) is 0.941. The maximum Gasteiger partial charge on any atom is 0.417 e. The van der Waals surface area contributed by atoms with Crippen molar-refractivity contribution in [1.82, 2.24) is 15.2 Å². The van der Waals surface area contributed by atoms with Gasteiger partial charge in [0.1, 0.15) is 0 Å². The molecule has 1 fully saturated rings. The Morgan fingerprint density at radius 1 is 1.00 bits per heavy atom. The predicted molar refractivity (Wildman–Crippen MR) is 78.5 cm³/mol. The molecule has 0 amide bonds. The third-order valence-electron chi connectivity index (χ3n) is 3.46. The molecule has 1 aromatic heterocycles. The molecule has 3 rings (SSSR count). The zero-order chi connectivity index (χ0) is 16.3. The van der Waals surface area contributed by atoms with Gasteiger partial charge in [0.05, 0.1) is 24.5 Å². The van der Waals surface area contributed by atoms with Crippen LogP contribution in [0.5, 0.6) is 0 Å². The summed E-state index contributed by atoms with van der Waals surface area (Å²) < 4.78 is 44.4. The lowest BCUT2D eigenvalue weighted by molar-refractivity contribution is -0.137. The van der Waals surface area contributed by atoms with Crippen molar-refractivity contribution in [2.24, 2.45) is 0 Å². The van der Waals surface area contributed by atoms with Crippen molar-refractivity contribution in [1.29, 1.82) is 0 Å². The Bertz CT molecular complexity index is 655. The van der Waals surface area contributed by atoms with Crippen molar-refractivity contribution in [2.75, 3.05) is 31.7 Å². The molecular weight excluding hydrogens is 309 g/mol. The van der Waals surface area contributed by atoms with Crippen LogP contribution in [-0.2, 0) is 10.9 Å². The van der Waals surface area contributed by atoms with Crippen molar-refractivity contribution in [3.63, 3.8) is 0 Å². The molecule has 1 N–H and O–H groups in total. The minimum absolute atomic E-state index is 0.0189. The number of ether oxygens (including phenoxy) is 1. The summed E-state index contributed by atoms with van der Waals surface area (Å²) in [6.07, 6.45) is -4.43. The van der Waals surface area contributed by atoms with Crippen LogP contribution in [0.3, 0.4) is 0 Å². The third-order valence-corrected chi connectivity index (χ3v) is 3.46. The monoisotopic (exact) mass is 324 g/mol. The number of morpholine rings is 1. The van der Waals surface area contributed by atoms with Crippen LogP contribution in [0.2, 0.25) is 0 Å². The van der Waals surface area contributed by atoms with E-state index in [0.29, 0.717) is 32.1 Å². The summed E-state index contributed by atoms with van der Waals surface area (Å²) in [5.74, 6) is 0.486. The summed E-state index contributed by atoms with van der Waals surface area (Å²) >= 11 is 0. The second-order valence-corrected chi connectivity index (χ2v) is 5.06. The Morgan fingerprint density at radius 3 is 2.39 bits per heavy atom. The highest BCUT2D eigenvalue weighted by Crippen LogP contribution is 2.36. The lowest BCUT2D eigenvalue weighted by Crippen LogP contribution is -2.40. The summed E-state index contributed by atoms with van der Waals surface area (Å²) in [5, 5.41) is 9.81. The molecule has 1 saturated heterocycles. The summed E-state index contributed by atoms with van der Waals surface area (Å²) in [6.45, 7) is 2.66. The van der Waals surface area contributed by atoms with Gasteiger partial charge in [0.25, 0.3) is 0 Å². The number of aromatic nitrogens is 2. The number of halogens is 3. The zero-order valence-corrected chi connectivity index (χ0v) is 12.2. The van der Waals surface area contributed by atoms with Crippen molar-refractivity contribution >= 4 is 5.82 Å². The Kier molecular flexibility index (Phi) is 4.44. The number of nitrogens with zero attached hydrogens (tertiary/aromatic N) is 3. The van der Waals surface area contributed by atoms with Gasteiger partial charge in [0, 0.05) is 18.7 Å². The highest BCUT2D eigenvalue weighted by molar-refractivity contribution is 5.64. The first-order valence-electron chi connectivity index (χ1n) is 7.14. The van der Waals surface area contributed by atoms with Gasteiger partial charge in [-0.05, 0) is 18.2 Å². The first-order valence-corrected chi connectivity index (χ1v) is 7.14. The summed E-state index contributed by atoms with van der Waals surface area (Å²) in [7, 11) is 0. The van der Waals surface area contributed by atoms with Crippen LogP contribution >= 0.6 is 0 Å². The first-order chi connectivity index (χ1) is 11.0. The van der Waals surface area contributed by atoms with Crippen LogP contribution in [-0.4, -0.2) is 41.5 Å². The molecule has 0 saturated carbocycles. The van der Waals surface area contributed by atoms with Crippen molar-refractivity contribution in [2.45, 2.75) is 6.18 Å². The number of rotatable bonds is 3. The molecule has 2 heterocycles. The van der Waals surface area contributed by atoms with Crippen LogP contribution < -0.4 is 5.43 Å². The van der Waals surface area contributed by atoms with E-state index in [2.05, 4.69) is 15.6 Å². The summed E-state index contributed by atoms with van der Waals surface area (Å²) in [5.41, 5.74) is 2.55. The van der Waals surface area contributed by atoms with Gasteiger partial charge >= 0.3 is 6.18 Å². The van der Waals surface area contributed by atoms with E-state index in [9.17, 15) is 13.2 Å². The number of alkyl halides is 3. The lowest BCUT2D eigenvalue weighted by atomic mass is 10.0. The molecule has 0 atom stereocenters. The van der Waals surface area contributed by atoms with Gasteiger partial charge in [0.2, 0.25) is 0 Å². The zero-order valence-electron chi connectivity index (χ0n) is 12.2. The Balaban J connectivity index is 1.80. The molecule has 1 aliphatic heterocycles. The van der Waals surface area contributed by atoms with E-state index in [1.54, 1.807) is 12.1 Å². The molecule has 0 spiro atoms. The Labute approximate surface area is 131 Å². The fourth-order valence-corrected chi connectivity index (χ4v) is 2.33. The van der Waals surface area contributed by atoms with E-state index < -0.39 is 11.7 Å². The fourth-order valence-electron chi connectivity index (χ4n) is 2.33. The van der Waals surface area contributed by atoms with Crippen LogP contribution in [0, 0.1) is 0 Å². The van der Waals surface area contributed by atoms with Crippen molar-refractivity contribution in [3.05, 3.63) is 42.0 Å². The van der Waals surface area contributed by atoms with Gasteiger partial charge in [-0.15, -0.1) is 10.2 Å². The number of hydrazine groups is 1. The van der Waals surface area contributed by atoms with E-state index in [-0.39, 0.29) is 11.3 Å². The molecule has 1 aliphatic rings. The lowest BCUT2D eigenvalue weighted by Gasteiger charge is -2.27. The predicted octanol–water partition coefficient (Wildman–Crippen LogP) is 2.82. The van der Waals surface area contributed by atoms with E-state index >= 15 is 0 Å². The minimum atomic E-state index is -4.43. The molecule has 5 nitrogen and oxygen atoms in total. The van der Waals surface area contributed by atoms with Gasteiger partial charge in [-0.25, -0.2) is 5.01 Å². The van der Waals surface area contributed by atoms with E-state index in [0.717, 1.165) is 6.07 Å². The standard InChI is InChI=1S/C15H15F3N4O/c16-15(17,18)12-4-2-1-3-11(12)13-5-6-14(20-19-13)21-22-7-9-23-10-8-22/h1-6H,7-10H2,(H,20,21). The Morgan fingerprint density at radius 2 is 1.74 bits per heavy atom. The van der Waals surface area contributed by atoms with Gasteiger partial charge in [-0.2, -0.15) is 13.2 Å². The minimum Gasteiger partial charge on any atom is -0.379 e. The molecule has 0 unspecified atom stereocenters. The Hall–Kier alpha value is -2.19. The highest BCUT2D eigenvalue weighted by Gasteiger charge is 2.33. The normalized spacial score (nSPS) is 16.3. The average Bonchev–Trinajstić information content (AvgIpc) is 2.56. The maximum absolute atomic E-state index is 13.0. The van der Waals surface area contributed by atoms with Crippen LogP contribution in [0.1, 0.15) is 5.56 Å². The van der Waals surface area contributed by atoms with Gasteiger partial charge < -0.3 is 10.2 Å². The molecular formula is C15H15F3N4O. The molecule has 122 valence electrons. The maximum atomic E-state index is 13.0. The molecule has 0 radical (unpaired) electrons. The molecule has 23 heavy (non-hydrogen) atoms. The summed E-state index contributed by atoms with van der Waals surface area (Å²) in [4.78, 5) is 0. The van der Waals surface area contributed by atoms with Crippen molar-refractivity contribution < 1.29 is 17.9 Å². The van der Waals surface area contributed by atoms with E-state index in [1.165, 1.54) is 18.2 Å². The second-order valence-electron chi connectivity index (χ2n) is 5.06. The topological polar surface area (TPSA) is 50.3 Å². The van der Waals surface area contributed by atoms with Crippen LogP contribution in [0.25, 0.3) is 11.3 Å². The fraction of sp³-hybridized carbons (Fsp3) is 0.333. The third kappa shape index (κ3) is 3.77. The number of hydrogen-bond acceptors (Lipinski definition) is 5. The number of anilines is 1. The summed E-state index contributed by atoms with van der Waals surface area (Å²) in [6, 6.07) is 8.48. The SMILES string of the molecule is FC(F)(F)c1ccccc1-c1ccc(NN2CCOCC2)nn1. The molecule has 1 aromatic carbocycles. The van der Waals surface area contributed by atoms with Crippen molar-refractivity contribution in [3.8, 4) is 11.3 Å². The molecule has 0 bridgehead atoms. The average molecular weight is 324 g/mol. The second kappa shape index (κ2) is 6.51. The van der Waals surface area contributed by atoms with Gasteiger partial charge in [0.15, 0.2) is 5.82 Å². The van der Waals surface area contributed by atoms with Gasteiger partial charge in [-0.3, -0.25) is 0 Å². The molecule has 0 aliphatic carbocycles. The van der Waals surface area contributed by atoms with E-state index in [1.807, 2.05) is 5.01 Å². The molecule has 2 aromatic rings. The smallest absolute Gasteiger partial charge is 0.379 e. The van der Waals surface area contributed by atoms with E-state index in [4.69, 9.17) is 4.74 Å².